The first kappa shape index (κ1) is 19.9. The summed E-state index contributed by atoms with van der Waals surface area (Å²) in [6, 6.07) is 4.02. The molecule has 0 radical (unpaired) electrons. The maximum absolute atomic E-state index is 11.9. The number of rotatable bonds is 3. The van der Waals surface area contributed by atoms with Crippen LogP contribution in [-0.4, -0.2) is 49.1 Å². The summed E-state index contributed by atoms with van der Waals surface area (Å²) in [5, 5.41) is 0. The van der Waals surface area contributed by atoms with E-state index in [2.05, 4.69) is 23.7 Å². The van der Waals surface area contributed by atoms with Gasteiger partial charge in [0, 0.05) is 31.4 Å². The summed E-state index contributed by atoms with van der Waals surface area (Å²) in [6.45, 7) is 11.6. The van der Waals surface area contributed by atoms with Crippen molar-refractivity contribution in [2.45, 2.75) is 59.5 Å². The topological polar surface area (TPSA) is 53.5 Å². The normalized spacial score (nSPS) is 22.4. The van der Waals surface area contributed by atoms with E-state index in [4.69, 9.17) is 0 Å². The molecular weight excluding hydrogens is 310 g/mol. The molecule has 0 saturated carbocycles. The largest absolute Gasteiger partial charge is 0.353 e. The molecule has 1 saturated heterocycles. The third-order valence-corrected chi connectivity index (χ3v) is 5.21. The number of hydrogen-bond acceptors (Lipinski definition) is 4. The molecule has 0 bridgehead atoms. The molecule has 2 rings (SSSR count). The number of piperazine rings is 1. The van der Waals surface area contributed by atoms with Crippen LogP contribution in [0.25, 0.3) is 0 Å². The van der Waals surface area contributed by atoms with Gasteiger partial charge in [0.15, 0.2) is 0 Å². The fraction of sp³-hybridized carbons (Fsp3) is 0.706. The molecule has 0 spiro atoms. The summed E-state index contributed by atoms with van der Waals surface area (Å²) in [6.07, 6.45) is 5.20. The third kappa shape index (κ3) is 5.46. The highest BCUT2D eigenvalue weighted by molar-refractivity contribution is 7.88. The van der Waals surface area contributed by atoms with Crippen LogP contribution in [0.1, 0.15) is 46.1 Å². The van der Waals surface area contributed by atoms with Crippen LogP contribution in [0.3, 0.4) is 0 Å². The summed E-state index contributed by atoms with van der Waals surface area (Å²) >= 11 is 0. The lowest BCUT2D eigenvalue weighted by atomic mass is 10.1. The molecule has 1 fully saturated rings. The zero-order chi connectivity index (χ0) is 17.6. The smallest absolute Gasteiger partial charge is 0.211 e. The monoisotopic (exact) mass is 341 g/mol. The lowest BCUT2D eigenvalue weighted by molar-refractivity contribution is 0.223. The summed E-state index contributed by atoms with van der Waals surface area (Å²) in [4.78, 5) is 6.63. The van der Waals surface area contributed by atoms with Crippen molar-refractivity contribution in [3.8, 4) is 0 Å². The van der Waals surface area contributed by atoms with Gasteiger partial charge in [0.25, 0.3) is 0 Å². The van der Waals surface area contributed by atoms with E-state index in [1.54, 1.807) is 4.31 Å². The number of pyridine rings is 1. The Kier molecular flexibility index (Phi) is 7.48. The van der Waals surface area contributed by atoms with Gasteiger partial charge in [0.1, 0.15) is 5.82 Å². The van der Waals surface area contributed by atoms with E-state index in [9.17, 15) is 8.42 Å². The van der Waals surface area contributed by atoms with Crippen molar-refractivity contribution >= 4 is 15.8 Å². The van der Waals surface area contributed by atoms with Gasteiger partial charge in [-0.15, -0.1) is 0 Å². The summed E-state index contributed by atoms with van der Waals surface area (Å²) < 4.78 is 25.5. The van der Waals surface area contributed by atoms with E-state index in [0.717, 1.165) is 17.8 Å². The Morgan fingerprint density at radius 3 is 2.26 bits per heavy atom. The first-order chi connectivity index (χ1) is 10.7. The van der Waals surface area contributed by atoms with Gasteiger partial charge in [-0.3, -0.25) is 0 Å². The first-order valence-electron chi connectivity index (χ1n) is 8.40. The Morgan fingerprint density at radius 1 is 1.22 bits per heavy atom. The molecule has 6 heteroatoms. The van der Waals surface area contributed by atoms with Crippen molar-refractivity contribution < 1.29 is 8.42 Å². The van der Waals surface area contributed by atoms with Crippen LogP contribution in [0.4, 0.5) is 5.82 Å². The summed E-state index contributed by atoms with van der Waals surface area (Å²) in [5.41, 5.74) is 1.13. The molecule has 1 aromatic rings. The number of anilines is 1. The van der Waals surface area contributed by atoms with Crippen LogP contribution >= 0.6 is 0 Å². The maximum atomic E-state index is 11.9. The minimum atomic E-state index is -3.16. The van der Waals surface area contributed by atoms with Crippen molar-refractivity contribution in [3.05, 3.63) is 23.9 Å². The third-order valence-electron chi connectivity index (χ3n) is 3.78. The van der Waals surface area contributed by atoms with Crippen LogP contribution in [-0.2, 0) is 10.0 Å². The van der Waals surface area contributed by atoms with E-state index in [1.807, 2.05) is 39.1 Å². The highest BCUT2D eigenvalue weighted by atomic mass is 32.2. The Labute approximate surface area is 141 Å². The number of hydrogen-bond donors (Lipinski definition) is 0. The molecule has 5 nitrogen and oxygen atoms in total. The van der Waals surface area contributed by atoms with Gasteiger partial charge in [0.05, 0.1) is 6.26 Å². The van der Waals surface area contributed by atoms with Crippen LogP contribution in [0.2, 0.25) is 0 Å². The van der Waals surface area contributed by atoms with Gasteiger partial charge >= 0.3 is 0 Å². The van der Waals surface area contributed by atoms with Crippen molar-refractivity contribution in [2.24, 2.45) is 0 Å². The minimum absolute atomic E-state index is 0.0110. The van der Waals surface area contributed by atoms with Crippen molar-refractivity contribution in [1.29, 1.82) is 0 Å². The second-order valence-corrected chi connectivity index (χ2v) is 8.20. The minimum Gasteiger partial charge on any atom is -0.353 e. The summed E-state index contributed by atoms with van der Waals surface area (Å²) in [7, 11) is -3.16. The Hall–Kier alpha value is -1.14. The molecule has 0 amide bonds. The predicted molar refractivity (Wildman–Crippen MR) is 97.4 cm³/mol. The SMILES string of the molecule is CCC.CC[C@@H]1CN(c2ccc(C)cn2)C[C@H](C)N1S(C)(=O)=O. The molecule has 2 atom stereocenters. The van der Waals surface area contributed by atoms with E-state index in [0.29, 0.717) is 13.1 Å². The molecule has 0 unspecified atom stereocenters. The Balaban J connectivity index is 0.000000816. The standard InChI is InChI=1S/C14H23N3O2S.C3H8/c1-5-13-10-16(14-7-6-11(2)8-15-14)9-12(3)17(13)20(4,18)19;1-3-2/h6-8,12-13H,5,9-10H2,1-4H3;3H2,1-2H3/t12-,13+;/m0./s1. The fourth-order valence-corrected chi connectivity index (χ4v) is 4.39. The molecule has 1 aliphatic rings. The number of aryl methyl sites for hydroxylation is 1. The van der Waals surface area contributed by atoms with Crippen LogP contribution < -0.4 is 4.90 Å². The Bertz CT molecular complexity index is 572. The fourth-order valence-electron chi connectivity index (χ4n) is 2.91. The number of nitrogens with zero attached hydrogens (tertiary/aromatic N) is 3. The molecule has 2 heterocycles. The van der Waals surface area contributed by atoms with Crippen molar-refractivity contribution in [1.82, 2.24) is 9.29 Å². The van der Waals surface area contributed by atoms with Crippen LogP contribution in [0.5, 0.6) is 0 Å². The second-order valence-electron chi connectivity index (χ2n) is 6.31. The molecule has 0 aromatic carbocycles. The molecule has 1 aromatic heterocycles. The first-order valence-corrected chi connectivity index (χ1v) is 10.2. The van der Waals surface area contributed by atoms with E-state index >= 15 is 0 Å². The average Bonchev–Trinajstić information content (AvgIpc) is 2.46. The molecular formula is C17H31N3O2S. The lowest BCUT2D eigenvalue weighted by Gasteiger charge is -2.44. The molecule has 132 valence electrons. The van der Waals surface area contributed by atoms with Crippen molar-refractivity contribution in [3.63, 3.8) is 0 Å². The van der Waals surface area contributed by atoms with Crippen molar-refractivity contribution in [2.75, 3.05) is 24.2 Å². The average molecular weight is 342 g/mol. The van der Waals surface area contributed by atoms with E-state index < -0.39 is 10.0 Å². The highest BCUT2D eigenvalue weighted by Crippen LogP contribution is 2.24. The van der Waals surface area contributed by atoms with E-state index in [1.165, 1.54) is 12.7 Å². The van der Waals surface area contributed by atoms with Gasteiger partial charge in [0.2, 0.25) is 10.0 Å². The Morgan fingerprint density at radius 2 is 1.83 bits per heavy atom. The zero-order valence-corrected chi connectivity index (χ0v) is 16.1. The predicted octanol–water partition coefficient (Wildman–Crippen LogP) is 3.06. The highest BCUT2D eigenvalue weighted by Gasteiger charge is 2.37. The maximum Gasteiger partial charge on any atom is 0.211 e. The summed E-state index contributed by atoms with van der Waals surface area (Å²) in [5.74, 6) is 0.925. The quantitative estimate of drug-likeness (QED) is 0.848. The van der Waals surface area contributed by atoms with Gasteiger partial charge < -0.3 is 4.90 Å². The molecule has 0 aliphatic carbocycles. The van der Waals surface area contributed by atoms with Gasteiger partial charge in [-0.2, -0.15) is 4.31 Å². The van der Waals surface area contributed by atoms with Crippen LogP contribution in [0.15, 0.2) is 18.3 Å². The van der Waals surface area contributed by atoms with Gasteiger partial charge in [-0.25, -0.2) is 13.4 Å². The van der Waals surface area contributed by atoms with E-state index in [-0.39, 0.29) is 12.1 Å². The van der Waals surface area contributed by atoms with Gasteiger partial charge in [-0.1, -0.05) is 33.3 Å². The van der Waals surface area contributed by atoms with Crippen LogP contribution in [0, 0.1) is 6.92 Å². The second kappa shape index (κ2) is 8.64. The lowest BCUT2D eigenvalue weighted by Crippen LogP contribution is -2.59. The molecule has 1 aliphatic heterocycles. The van der Waals surface area contributed by atoms with Gasteiger partial charge in [-0.05, 0) is 31.9 Å². The number of aromatic nitrogens is 1. The molecule has 23 heavy (non-hydrogen) atoms. The molecule has 0 N–H and O–H groups in total. The zero-order valence-electron chi connectivity index (χ0n) is 15.3. The number of sulfonamides is 1.